The van der Waals surface area contributed by atoms with Crippen LogP contribution in [0.25, 0.3) is 0 Å². The second kappa shape index (κ2) is 16.7. The molecular weight excluding hydrogens is 370 g/mol. The highest BCUT2D eigenvalue weighted by Crippen LogP contribution is 1.97. The molecule has 27 heavy (non-hydrogen) atoms. The fourth-order valence-electron chi connectivity index (χ4n) is 1.90. The van der Waals surface area contributed by atoms with Crippen molar-refractivity contribution in [2.45, 2.75) is 0 Å². The van der Waals surface area contributed by atoms with Crippen molar-refractivity contribution in [1.29, 1.82) is 0 Å². The zero-order valence-electron chi connectivity index (χ0n) is 14.6. The standard InChI is InChI=1S/C14H23N3O10/c18-10-24-6-16(7-25-11-19)3-1-15(5-14(22)23)2-4-17(8-26-12-20)9-27-13-21/h10-13H,1-9H2,(H,22,23). The van der Waals surface area contributed by atoms with Gasteiger partial charge in [-0.3, -0.25) is 28.9 Å². The fourth-order valence-corrected chi connectivity index (χ4v) is 1.90. The van der Waals surface area contributed by atoms with E-state index in [4.69, 9.17) is 5.11 Å². The predicted molar refractivity (Wildman–Crippen MR) is 85.6 cm³/mol. The third kappa shape index (κ3) is 14.1. The monoisotopic (exact) mass is 393 g/mol. The molecule has 0 aromatic rings. The first-order chi connectivity index (χ1) is 13.1. The van der Waals surface area contributed by atoms with E-state index in [9.17, 15) is 24.0 Å². The summed E-state index contributed by atoms with van der Waals surface area (Å²) in [6, 6.07) is 0. The van der Waals surface area contributed by atoms with E-state index in [1.165, 1.54) is 9.80 Å². The molecule has 0 unspecified atom stereocenters. The van der Waals surface area contributed by atoms with Gasteiger partial charge in [-0.2, -0.15) is 0 Å². The van der Waals surface area contributed by atoms with E-state index in [2.05, 4.69) is 18.9 Å². The normalized spacial score (nSPS) is 10.5. The lowest BCUT2D eigenvalue weighted by atomic mass is 10.4. The molecule has 0 radical (unpaired) electrons. The van der Waals surface area contributed by atoms with E-state index >= 15 is 0 Å². The van der Waals surface area contributed by atoms with Gasteiger partial charge in [0.1, 0.15) is 26.9 Å². The second-order valence-corrected chi connectivity index (χ2v) is 5.03. The molecule has 0 rings (SSSR count). The van der Waals surface area contributed by atoms with Crippen LogP contribution in [0, 0.1) is 0 Å². The van der Waals surface area contributed by atoms with Gasteiger partial charge in [-0.15, -0.1) is 0 Å². The van der Waals surface area contributed by atoms with Gasteiger partial charge in [-0.05, 0) is 0 Å². The Hall–Kier alpha value is -2.77. The molecule has 0 saturated carbocycles. The van der Waals surface area contributed by atoms with Crippen molar-refractivity contribution in [3.05, 3.63) is 0 Å². The van der Waals surface area contributed by atoms with Crippen LogP contribution in [0.1, 0.15) is 0 Å². The van der Waals surface area contributed by atoms with E-state index in [1.807, 2.05) is 0 Å². The quantitative estimate of drug-likeness (QED) is 0.132. The third-order valence-corrected chi connectivity index (χ3v) is 3.12. The molecule has 154 valence electrons. The van der Waals surface area contributed by atoms with Crippen molar-refractivity contribution in [3.8, 4) is 0 Å². The average molecular weight is 393 g/mol. The molecule has 0 fully saturated rings. The van der Waals surface area contributed by atoms with Gasteiger partial charge in [0.05, 0.1) is 6.54 Å². The number of hydrogen-bond acceptors (Lipinski definition) is 12. The van der Waals surface area contributed by atoms with Gasteiger partial charge in [0.2, 0.25) is 0 Å². The zero-order valence-corrected chi connectivity index (χ0v) is 14.6. The van der Waals surface area contributed by atoms with Crippen molar-refractivity contribution in [2.75, 3.05) is 59.6 Å². The minimum absolute atomic E-state index is 0.134. The molecule has 0 amide bonds. The highest BCUT2D eigenvalue weighted by atomic mass is 16.6. The third-order valence-electron chi connectivity index (χ3n) is 3.12. The summed E-state index contributed by atoms with van der Waals surface area (Å²) in [4.78, 5) is 56.7. The molecule has 13 heteroatoms. The van der Waals surface area contributed by atoms with Crippen LogP contribution in [0.4, 0.5) is 0 Å². The van der Waals surface area contributed by atoms with Crippen LogP contribution < -0.4 is 0 Å². The highest BCUT2D eigenvalue weighted by molar-refractivity contribution is 5.69. The Morgan fingerprint density at radius 2 is 0.926 bits per heavy atom. The molecule has 0 aliphatic rings. The lowest BCUT2D eigenvalue weighted by Gasteiger charge is -2.27. The summed E-state index contributed by atoms with van der Waals surface area (Å²) in [5.74, 6) is -1.06. The maximum Gasteiger partial charge on any atom is 0.317 e. The minimum Gasteiger partial charge on any atom is -0.480 e. The maximum absolute atomic E-state index is 11.0. The number of aliphatic carboxylic acids is 1. The van der Waals surface area contributed by atoms with Crippen LogP contribution >= 0.6 is 0 Å². The number of nitrogens with zero attached hydrogens (tertiary/aromatic N) is 3. The SMILES string of the molecule is O=COCN(CCN(CCN(COC=O)COC=O)CC(=O)O)COC=O. The lowest BCUT2D eigenvalue weighted by Crippen LogP contribution is -2.43. The molecule has 0 spiro atoms. The first-order valence-corrected chi connectivity index (χ1v) is 7.67. The summed E-state index contributed by atoms with van der Waals surface area (Å²) < 4.78 is 18.4. The Morgan fingerprint density at radius 1 is 0.630 bits per heavy atom. The van der Waals surface area contributed by atoms with Gasteiger partial charge in [-0.25, -0.2) is 9.80 Å². The fraction of sp³-hybridized carbons (Fsp3) is 0.643. The van der Waals surface area contributed by atoms with Gasteiger partial charge >= 0.3 is 5.97 Å². The van der Waals surface area contributed by atoms with E-state index < -0.39 is 5.97 Å². The number of carboxylic acid groups (broad SMARTS) is 1. The van der Waals surface area contributed by atoms with Crippen LogP contribution in [0.3, 0.4) is 0 Å². The van der Waals surface area contributed by atoms with Crippen molar-refractivity contribution >= 4 is 31.9 Å². The molecule has 1 N–H and O–H groups in total. The Morgan fingerprint density at radius 3 is 1.19 bits per heavy atom. The van der Waals surface area contributed by atoms with Crippen LogP contribution in [-0.4, -0.2) is 111 Å². The van der Waals surface area contributed by atoms with E-state index in [0.29, 0.717) is 0 Å². The molecule has 0 aliphatic heterocycles. The number of carbonyl (C=O) groups is 5. The van der Waals surface area contributed by atoms with E-state index in [1.54, 1.807) is 4.90 Å². The number of rotatable bonds is 20. The number of carboxylic acids is 1. The molecule has 0 aromatic heterocycles. The number of carbonyl (C=O) groups excluding carboxylic acids is 4. The molecule has 13 nitrogen and oxygen atoms in total. The topological polar surface area (TPSA) is 152 Å². The average Bonchev–Trinajstić information content (AvgIpc) is 2.65. The Labute approximate surface area is 155 Å². The smallest absolute Gasteiger partial charge is 0.317 e. The first kappa shape index (κ1) is 24.2. The van der Waals surface area contributed by atoms with Crippen molar-refractivity contribution in [1.82, 2.24) is 14.7 Å². The minimum atomic E-state index is -1.06. The van der Waals surface area contributed by atoms with Crippen molar-refractivity contribution in [2.24, 2.45) is 0 Å². The summed E-state index contributed by atoms with van der Waals surface area (Å²) in [5, 5.41) is 9.03. The lowest BCUT2D eigenvalue weighted by molar-refractivity contribution is -0.142. The number of ether oxygens (including phenoxy) is 4. The van der Waals surface area contributed by atoms with Crippen LogP contribution in [0.5, 0.6) is 0 Å². The summed E-state index contributed by atoms with van der Waals surface area (Å²) >= 11 is 0. The zero-order chi connectivity index (χ0) is 20.3. The van der Waals surface area contributed by atoms with Gasteiger partial charge in [0.15, 0.2) is 0 Å². The first-order valence-electron chi connectivity index (χ1n) is 7.67. The molecular formula is C14H23N3O10. The van der Waals surface area contributed by atoms with Crippen molar-refractivity contribution < 1.29 is 48.0 Å². The summed E-state index contributed by atoms with van der Waals surface area (Å²) in [6.45, 7) is 1.10. The second-order valence-electron chi connectivity index (χ2n) is 5.03. The van der Waals surface area contributed by atoms with Crippen LogP contribution in [0.2, 0.25) is 0 Å². The molecule has 0 saturated heterocycles. The van der Waals surface area contributed by atoms with Gasteiger partial charge < -0.3 is 24.1 Å². The Balaban J connectivity index is 4.64. The summed E-state index contributed by atoms with van der Waals surface area (Å²) in [5.41, 5.74) is 0. The van der Waals surface area contributed by atoms with E-state index in [-0.39, 0.29) is 85.5 Å². The summed E-state index contributed by atoms with van der Waals surface area (Å²) in [6.07, 6.45) is 0. The molecule has 0 aliphatic carbocycles. The maximum atomic E-state index is 11.0. The molecule has 0 atom stereocenters. The molecule has 0 bridgehead atoms. The largest absolute Gasteiger partial charge is 0.480 e. The Bertz CT molecular complexity index is 395. The summed E-state index contributed by atoms with van der Waals surface area (Å²) in [7, 11) is 0. The van der Waals surface area contributed by atoms with Crippen LogP contribution in [-0.2, 0) is 42.9 Å². The van der Waals surface area contributed by atoms with Gasteiger partial charge in [-0.1, -0.05) is 0 Å². The van der Waals surface area contributed by atoms with Gasteiger partial charge in [0.25, 0.3) is 25.9 Å². The number of hydrogen-bond donors (Lipinski definition) is 1. The Kier molecular flexibility index (Phi) is 15.0. The highest BCUT2D eigenvalue weighted by Gasteiger charge is 2.15. The molecule has 0 aromatic carbocycles. The predicted octanol–water partition coefficient (Wildman–Crippen LogP) is -2.50. The van der Waals surface area contributed by atoms with Gasteiger partial charge in [0, 0.05) is 26.2 Å². The van der Waals surface area contributed by atoms with Crippen LogP contribution in [0.15, 0.2) is 0 Å². The van der Waals surface area contributed by atoms with Crippen molar-refractivity contribution in [3.63, 3.8) is 0 Å². The molecule has 0 heterocycles. The van der Waals surface area contributed by atoms with E-state index in [0.717, 1.165) is 0 Å².